The molecule has 1 aliphatic heterocycles. The van der Waals surface area contributed by atoms with Crippen molar-refractivity contribution in [3.8, 4) is 44.9 Å². The van der Waals surface area contributed by atoms with Crippen LogP contribution in [-0.2, 0) is 5.41 Å². The number of benzene rings is 6. The second-order valence-corrected chi connectivity index (χ2v) is 10.2. The lowest BCUT2D eigenvalue weighted by molar-refractivity contribution is 0.487. The molecule has 1 heteroatoms. The smallest absolute Gasteiger partial charge is 0.135 e. The maximum atomic E-state index is 6.38. The summed E-state index contributed by atoms with van der Waals surface area (Å²) in [7, 11) is 0. The summed E-state index contributed by atoms with van der Waals surface area (Å²) in [4.78, 5) is 0. The predicted octanol–water partition coefficient (Wildman–Crippen LogP) is 9.61. The first-order valence-electron chi connectivity index (χ1n) is 12.9. The first-order valence-corrected chi connectivity index (χ1v) is 12.9. The van der Waals surface area contributed by atoms with Crippen LogP contribution >= 0.6 is 0 Å². The number of hydrogen-bond acceptors (Lipinski definition) is 1. The maximum absolute atomic E-state index is 6.38. The molecular formula is C36H24O. The highest BCUT2D eigenvalue weighted by atomic mass is 16.5. The molecule has 6 aromatic rings. The molecule has 6 aromatic carbocycles. The fourth-order valence-electron chi connectivity index (χ4n) is 6.60. The molecule has 1 heterocycles. The van der Waals surface area contributed by atoms with Gasteiger partial charge in [-0.05, 0) is 75.0 Å². The first-order chi connectivity index (χ1) is 18.2. The highest BCUT2D eigenvalue weighted by Gasteiger charge is 2.41. The molecule has 0 N–H and O–H groups in total. The fourth-order valence-corrected chi connectivity index (χ4v) is 6.60. The molecule has 8 rings (SSSR count). The molecule has 0 fully saturated rings. The zero-order chi connectivity index (χ0) is 24.6. The van der Waals surface area contributed by atoms with Crippen LogP contribution in [0.3, 0.4) is 0 Å². The van der Waals surface area contributed by atoms with Crippen molar-refractivity contribution in [2.24, 2.45) is 0 Å². The van der Waals surface area contributed by atoms with E-state index < -0.39 is 0 Å². The van der Waals surface area contributed by atoms with Crippen molar-refractivity contribution in [1.29, 1.82) is 0 Å². The topological polar surface area (TPSA) is 9.23 Å². The van der Waals surface area contributed by atoms with Crippen LogP contribution in [-0.4, -0.2) is 0 Å². The molecule has 0 saturated heterocycles. The highest BCUT2D eigenvalue weighted by Crippen LogP contribution is 2.55. The molecule has 174 valence electrons. The van der Waals surface area contributed by atoms with E-state index in [4.69, 9.17) is 4.74 Å². The van der Waals surface area contributed by atoms with Gasteiger partial charge in [-0.15, -0.1) is 0 Å². The van der Waals surface area contributed by atoms with Crippen LogP contribution in [0, 0.1) is 0 Å². The summed E-state index contributed by atoms with van der Waals surface area (Å²) < 4.78 is 6.38. The predicted molar refractivity (Wildman–Crippen MR) is 152 cm³/mol. The van der Waals surface area contributed by atoms with Crippen molar-refractivity contribution >= 4 is 10.8 Å². The first kappa shape index (κ1) is 20.6. The molecule has 2 aliphatic rings. The van der Waals surface area contributed by atoms with E-state index in [0.29, 0.717) is 0 Å². The molecule has 0 spiro atoms. The zero-order valence-electron chi connectivity index (χ0n) is 20.5. The van der Waals surface area contributed by atoms with Crippen LogP contribution in [0.4, 0.5) is 0 Å². The molecule has 0 saturated carbocycles. The highest BCUT2D eigenvalue weighted by molar-refractivity contribution is 6.05. The Bertz CT molecular complexity index is 1860. The van der Waals surface area contributed by atoms with Crippen LogP contribution in [0.15, 0.2) is 127 Å². The molecular weight excluding hydrogens is 448 g/mol. The van der Waals surface area contributed by atoms with E-state index in [9.17, 15) is 0 Å². The fraction of sp³-hybridized carbons (Fsp3) is 0.0556. The van der Waals surface area contributed by atoms with Gasteiger partial charge in [0.1, 0.15) is 11.5 Å². The summed E-state index contributed by atoms with van der Waals surface area (Å²) in [5, 5.41) is 2.40. The van der Waals surface area contributed by atoms with Gasteiger partial charge in [-0.25, -0.2) is 0 Å². The third-order valence-corrected chi connectivity index (χ3v) is 8.36. The van der Waals surface area contributed by atoms with Crippen LogP contribution in [0.2, 0.25) is 0 Å². The van der Waals surface area contributed by atoms with Gasteiger partial charge in [0.05, 0.1) is 0 Å². The van der Waals surface area contributed by atoms with Crippen molar-refractivity contribution in [2.45, 2.75) is 12.3 Å². The number of ether oxygens (including phenoxy) is 1. The Morgan fingerprint density at radius 2 is 1.22 bits per heavy atom. The van der Waals surface area contributed by atoms with Crippen molar-refractivity contribution in [3.63, 3.8) is 0 Å². The van der Waals surface area contributed by atoms with E-state index in [2.05, 4.69) is 134 Å². The van der Waals surface area contributed by atoms with Gasteiger partial charge in [0, 0.05) is 16.4 Å². The Morgan fingerprint density at radius 1 is 0.514 bits per heavy atom. The monoisotopic (exact) mass is 472 g/mol. The Labute approximate surface area is 216 Å². The standard InChI is InChI=1S/C36H24O/c1-36(25-12-3-2-4-13-25)30-17-6-5-14-28(30)35-26(15-9-18-31(35)36)24-20-21-32-29(22-24)27-16-7-10-23-11-8-19-33(37-32)34(23)27/h2-22H,1H3. The van der Waals surface area contributed by atoms with Crippen LogP contribution < -0.4 is 4.74 Å². The average molecular weight is 473 g/mol. The van der Waals surface area contributed by atoms with Gasteiger partial charge in [0.25, 0.3) is 0 Å². The lowest BCUT2D eigenvalue weighted by Gasteiger charge is -2.28. The molecule has 0 bridgehead atoms. The van der Waals surface area contributed by atoms with Crippen molar-refractivity contribution in [2.75, 3.05) is 0 Å². The minimum Gasteiger partial charge on any atom is -0.456 e. The van der Waals surface area contributed by atoms with Crippen LogP contribution in [0.25, 0.3) is 44.2 Å². The van der Waals surface area contributed by atoms with E-state index in [-0.39, 0.29) is 5.41 Å². The van der Waals surface area contributed by atoms with Gasteiger partial charge < -0.3 is 4.74 Å². The normalized spacial score (nSPS) is 16.6. The Kier molecular flexibility index (Phi) is 4.14. The molecule has 1 unspecified atom stereocenters. The van der Waals surface area contributed by atoms with Gasteiger partial charge in [-0.2, -0.15) is 0 Å². The number of hydrogen-bond donors (Lipinski definition) is 0. The molecule has 1 atom stereocenters. The van der Waals surface area contributed by atoms with Gasteiger partial charge in [-0.1, -0.05) is 109 Å². The van der Waals surface area contributed by atoms with Crippen LogP contribution in [0.1, 0.15) is 23.6 Å². The van der Waals surface area contributed by atoms with E-state index in [1.807, 2.05) is 0 Å². The minimum absolute atomic E-state index is 0.203. The van der Waals surface area contributed by atoms with Crippen molar-refractivity contribution in [1.82, 2.24) is 0 Å². The van der Waals surface area contributed by atoms with Gasteiger partial charge in [-0.3, -0.25) is 0 Å². The number of fused-ring (bicyclic) bond motifs is 5. The summed E-state index contributed by atoms with van der Waals surface area (Å²) in [6.07, 6.45) is 0. The molecule has 1 nitrogen and oxygen atoms in total. The summed E-state index contributed by atoms with van der Waals surface area (Å²) in [6, 6.07) is 46.1. The lowest BCUT2D eigenvalue weighted by Crippen LogP contribution is -2.22. The molecule has 1 aliphatic carbocycles. The Morgan fingerprint density at radius 3 is 2.11 bits per heavy atom. The molecule has 0 radical (unpaired) electrons. The summed E-state index contributed by atoms with van der Waals surface area (Å²) in [5.74, 6) is 1.85. The van der Waals surface area contributed by atoms with E-state index in [0.717, 1.165) is 17.1 Å². The third-order valence-electron chi connectivity index (χ3n) is 8.36. The Hall–Kier alpha value is -4.62. The van der Waals surface area contributed by atoms with E-state index in [1.165, 1.54) is 55.3 Å². The van der Waals surface area contributed by atoms with Gasteiger partial charge in [0.15, 0.2) is 0 Å². The van der Waals surface area contributed by atoms with Crippen molar-refractivity contribution in [3.05, 3.63) is 144 Å². The maximum Gasteiger partial charge on any atom is 0.135 e. The van der Waals surface area contributed by atoms with Crippen LogP contribution in [0.5, 0.6) is 11.5 Å². The molecule has 0 amide bonds. The SMILES string of the molecule is CC1(c2ccccc2)c2ccccc2-c2c(-c3ccc4c(c3)-c3cccc5cccc(c35)O4)cccc21. The quantitative estimate of drug-likeness (QED) is 0.243. The second kappa shape index (κ2) is 7.44. The third kappa shape index (κ3) is 2.74. The number of rotatable bonds is 2. The summed E-state index contributed by atoms with van der Waals surface area (Å²) in [6.45, 7) is 2.37. The summed E-state index contributed by atoms with van der Waals surface area (Å²) in [5.41, 5.74) is 11.4. The van der Waals surface area contributed by atoms with Gasteiger partial charge in [0.2, 0.25) is 0 Å². The van der Waals surface area contributed by atoms with E-state index >= 15 is 0 Å². The molecule has 0 aromatic heterocycles. The summed E-state index contributed by atoms with van der Waals surface area (Å²) >= 11 is 0. The molecule has 37 heavy (non-hydrogen) atoms. The van der Waals surface area contributed by atoms with E-state index in [1.54, 1.807) is 0 Å². The zero-order valence-corrected chi connectivity index (χ0v) is 20.5. The van der Waals surface area contributed by atoms with Gasteiger partial charge >= 0.3 is 0 Å². The largest absolute Gasteiger partial charge is 0.456 e. The average Bonchev–Trinajstić information content (AvgIpc) is 3.23. The van der Waals surface area contributed by atoms with Crippen molar-refractivity contribution < 1.29 is 4.74 Å². The second-order valence-electron chi connectivity index (χ2n) is 10.2. The Balaban J connectivity index is 1.38. The lowest BCUT2D eigenvalue weighted by atomic mass is 9.74. The minimum atomic E-state index is -0.203.